The fourth-order valence-corrected chi connectivity index (χ4v) is 1.26. The standard InChI is InChI=1S/C11H13NO5/c1-2-8(5-9(13)14)12-11(16)7-3-4-10(15)17-6-7/h3-4,6,8H,2,5H2,1H3,(H,12,16)(H,13,14). The van der Waals surface area contributed by atoms with Crippen LogP contribution in [0.25, 0.3) is 0 Å². The summed E-state index contributed by atoms with van der Waals surface area (Å²) < 4.78 is 4.54. The Morgan fingerprint density at radius 3 is 2.65 bits per heavy atom. The van der Waals surface area contributed by atoms with Gasteiger partial charge >= 0.3 is 11.6 Å². The van der Waals surface area contributed by atoms with Crippen molar-refractivity contribution in [1.82, 2.24) is 5.32 Å². The van der Waals surface area contributed by atoms with E-state index in [-0.39, 0.29) is 12.0 Å². The number of nitrogens with one attached hydrogen (secondary N) is 1. The van der Waals surface area contributed by atoms with E-state index in [4.69, 9.17) is 5.11 Å². The Labute approximate surface area is 97.3 Å². The van der Waals surface area contributed by atoms with Crippen molar-refractivity contribution in [3.8, 4) is 0 Å². The van der Waals surface area contributed by atoms with E-state index < -0.39 is 23.5 Å². The molecule has 0 aliphatic carbocycles. The van der Waals surface area contributed by atoms with Crippen molar-refractivity contribution in [2.24, 2.45) is 0 Å². The Morgan fingerprint density at radius 1 is 1.47 bits per heavy atom. The van der Waals surface area contributed by atoms with Crippen LogP contribution in [0.2, 0.25) is 0 Å². The molecule has 1 aromatic rings. The minimum atomic E-state index is -0.975. The second-order valence-corrected chi connectivity index (χ2v) is 3.52. The van der Waals surface area contributed by atoms with Gasteiger partial charge in [-0.15, -0.1) is 0 Å². The summed E-state index contributed by atoms with van der Waals surface area (Å²) in [7, 11) is 0. The lowest BCUT2D eigenvalue weighted by molar-refractivity contribution is -0.137. The first kappa shape index (κ1) is 13.0. The molecule has 0 saturated heterocycles. The van der Waals surface area contributed by atoms with E-state index in [1.807, 2.05) is 0 Å². The number of rotatable bonds is 5. The van der Waals surface area contributed by atoms with Gasteiger partial charge in [0.1, 0.15) is 6.26 Å². The van der Waals surface area contributed by atoms with Crippen LogP contribution < -0.4 is 10.9 Å². The maximum absolute atomic E-state index is 11.6. The molecule has 2 N–H and O–H groups in total. The minimum Gasteiger partial charge on any atom is -0.481 e. The Kier molecular flexibility index (Phi) is 4.45. The van der Waals surface area contributed by atoms with Gasteiger partial charge in [-0.2, -0.15) is 0 Å². The van der Waals surface area contributed by atoms with E-state index >= 15 is 0 Å². The van der Waals surface area contributed by atoms with Crippen molar-refractivity contribution in [1.29, 1.82) is 0 Å². The highest BCUT2D eigenvalue weighted by Crippen LogP contribution is 2.01. The van der Waals surface area contributed by atoms with Crippen LogP contribution in [0, 0.1) is 0 Å². The van der Waals surface area contributed by atoms with Crippen LogP contribution in [0.3, 0.4) is 0 Å². The van der Waals surface area contributed by atoms with E-state index in [9.17, 15) is 14.4 Å². The molecule has 1 rings (SSSR count). The highest BCUT2D eigenvalue weighted by atomic mass is 16.4. The van der Waals surface area contributed by atoms with Gasteiger partial charge in [0.05, 0.1) is 12.0 Å². The molecule has 0 aromatic carbocycles. The zero-order chi connectivity index (χ0) is 12.8. The third-order valence-corrected chi connectivity index (χ3v) is 2.21. The number of hydrogen-bond acceptors (Lipinski definition) is 4. The third-order valence-electron chi connectivity index (χ3n) is 2.21. The number of hydrogen-bond donors (Lipinski definition) is 2. The maximum Gasteiger partial charge on any atom is 0.335 e. The summed E-state index contributed by atoms with van der Waals surface area (Å²) in [4.78, 5) is 32.9. The number of carbonyl (C=O) groups excluding carboxylic acids is 1. The van der Waals surface area contributed by atoms with Crippen LogP contribution in [0.4, 0.5) is 0 Å². The number of amides is 1. The van der Waals surface area contributed by atoms with Gasteiger partial charge in [-0.25, -0.2) is 4.79 Å². The maximum atomic E-state index is 11.6. The number of aliphatic carboxylic acids is 1. The van der Waals surface area contributed by atoms with Gasteiger partial charge in [0, 0.05) is 12.1 Å². The smallest absolute Gasteiger partial charge is 0.335 e. The van der Waals surface area contributed by atoms with Gasteiger partial charge in [-0.1, -0.05) is 6.92 Å². The zero-order valence-corrected chi connectivity index (χ0v) is 9.30. The summed E-state index contributed by atoms with van der Waals surface area (Å²) >= 11 is 0. The molecular formula is C11H13NO5. The highest BCUT2D eigenvalue weighted by molar-refractivity contribution is 5.94. The van der Waals surface area contributed by atoms with Crippen molar-refractivity contribution < 1.29 is 19.1 Å². The summed E-state index contributed by atoms with van der Waals surface area (Å²) in [5.41, 5.74) is -0.354. The van der Waals surface area contributed by atoms with Gasteiger partial charge in [-0.3, -0.25) is 9.59 Å². The van der Waals surface area contributed by atoms with Crippen molar-refractivity contribution in [3.05, 3.63) is 34.4 Å². The quantitative estimate of drug-likeness (QED) is 0.785. The molecule has 1 amide bonds. The molecule has 92 valence electrons. The van der Waals surface area contributed by atoms with E-state index in [1.54, 1.807) is 6.92 Å². The van der Waals surface area contributed by atoms with Crippen LogP contribution in [-0.2, 0) is 4.79 Å². The van der Waals surface area contributed by atoms with Crippen LogP contribution in [0.1, 0.15) is 30.1 Å². The molecule has 0 fully saturated rings. The molecule has 0 aliphatic heterocycles. The second-order valence-electron chi connectivity index (χ2n) is 3.52. The van der Waals surface area contributed by atoms with E-state index in [0.29, 0.717) is 6.42 Å². The second kappa shape index (κ2) is 5.83. The van der Waals surface area contributed by atoms with Crippen LogP contribution in [0.5, 0.6) is 0 Å². The van der Waals surface area contributed by atoms with Crippen molar-refractivity contribution in [2.45, 2.75) is 25.8 Å². The molecule has 0 aliphatic rings. The van der Waals surface area contributed by atoms with Crippen LogP contribution >= 0.6 is 0 Å². The topological polar surface area (TPSA) is 96.6 Å². The molecule has 6 heteroatoms. The lowest BCUT2D eigenvalue weighted by Crippen LogP contribution is -2.36. The molecule has 1 heterocycles. The normalized spacial score (nSPS) is 11.8. The monoisotopic (exact) mass is 239 g/mol. The molecule has 0 radical (unpaired) electrons. The average molecular weight is 239 g/mol. The first-order valence-electron chi connectivity index (χ1n) is 5.14. The first-order chi connectivity index (χ1) is 8.02. The molecular weight excluding hydrogens is 226 g/mol. The average Bonchev–Trinajstić information content (AvgIpc) is 2.28. The summed E-state index contributed by atoms with van der Waals surface area (Å²) in [6, 6.07) is 2.02. The predicted molar refractivity (Wildman–Crippen MR) is 58.8 cm³/mol. The van der Waals surface area contributed by atoms with Crippen molar-refractivity contribution in [3.63, 3.8) is 0 Å². The Hall–Kier alpha value is -2.11. The summed E-state index contributed by atoms with van der Waals surface area (Å²) in [5, 5.41) is 11.2. The molecule has 1 unspecified atom stereocenters. The van der Waals surface area contributed by atoms with E-state index in [1.165, 1.54) is 6.07 Å². The summed E-state index contributed by atoms with van der Waals surface area (Å²) in [5.74, 6) is -1.43. The fourth-order valence-electron chi connectivity index (χ4n) is 1.26. The van der Waals surface area contributed by atoms with Gasteiger partial charge in [-0.05, 0) is 12.5 Å². The van der Waals surface area contributed by atoms with Gasteiger partial charge in [0.2, 0.25) is 0 Å². The molecule has 6 nitrogen and oxygen atoms in total. The van der Waals surface area contributed by atoms with Crippen molar-refractivity contribution in [2.75, 3.05) is 0 Å². The SMILES string of the molecule is CCC(CC(=O)O)NC(=O)c1ccc(=O)oc1. The van der Waals surface area contributed by atoms with Crippen LogP contribution in [0.15, 0.2) is 27.6 Å². The third kappa shape index (κ3) is 4.10. The number of carboxylic acids is 1. The number of carboxylic acid groups (broad SMARTS) is 1. The minimum absolute atomic E-state index is 0.140. The highest BCUT2D eigenvalue weighted by Gasteiger charge is 2.15. The Morgan fingerprint density at radius 2 is 2.18 bits per heavy atom. The molecule has 0 spiro atoms. The number of carbonyl (C=O) groups is 2. The summed E-state index contributed by atoms with van der Waals surface area (Å²) in [6.07, 6.45) is 1.42. The fraction of sp³-hybridized carbons (Fsp3) is 0.364. The lowest BCUT2D eigenvalue weighted by Gasteiger charge is -2.14. The Bertz CT molecular complexity index is 445. The van der Waals surface area contributed by atoms with Crippen LogP contribution in [-0.4, -0.2) is 23.0 Å². The lowest BCUT2D eigenvalue weighted by atomic mass is 10.1. The van der Waals surface area contributed by atoms with Gasteiger partial charge < -0.3 is 14.8 Å². The molecule has 0 bridgehead atoms. The predicted octanol–water partition coefficient (Wildman–Crippen LogP) is 0.623. The molecule has 17 heavy (non-hydrogen) atoms. The largest absolute Gasteiger partial charge is 0.481 e. The Balaban J connectivity index is 2.67. The van der Waals surface area contributed by atoms with E-state index in [0.717, 1.165) is 12.3 Å². The van der Waals surface area contributed by atoms with Gasteiger partial charge in [0.25, 0.3) is 5.91 Å². The van der Waals surface area contributed by atoms with Gasteiger partial charge in [0.15, 0.2) is 0 Å². The molecule has 0 saturated carbocycles. The molecule has 1 atom stereocenters. The van der Waals surface area contributed by atoms with E-state index in [2.05, 4.69) is 9.73 Å². The first-order valence-corrected chi connectivity index (χ1v) is 5.14. The zero-order valence-electron chi connectivity index (χ0n) is 9.30. The molecule has 1 aromatic heterocycles. The summed E-state index contributed by atoms with van der Waals surface area (Å²) in [6.45, 7) is 1.78. The van der Waals surface area contributed by atoms with Crippen molar-refractivity contribution >= 4 is 11.9 Å².